The van der Waals surface area contributed by atoms with Crippen LogP contribution in [0.3, 0.4) is 0 Å². The van der Waals surface area contributed by atoms with Crippen molar-refractivity contribution < 1.29 is 24.1 Å². The van der Waals surface area contributed by atoms with Gasteiger partial charge in [-0.05, 0) is 19.3 Å². The molecule has 5 nitrogen and oxygen atoms in total. The second-order valence-corrected chi connectivity index (χ2v) is 5.45. The van der Waals surface area contributed by atoms with Gasteiger partial charge in [0, 0.05) is 31.5 Å². The molecule has 3 aliphatic rings. The van der Waals surface area contributed by atoms with Crippen LogP contribution in [0.15, 0.2) is 0 Å². The second kappa shape index (κ2) is 5.15. The van der Waals surface area contributed by atoms with E-state index >= 15 is 0 Å². The molecule has 0 radical (unpaired) electrons. The van der Waals surface area contributed by atoms with Crippen LogP contribution >= 0.6 is 0 Å². The molecule has 4 unspecified atom stereocenters. The van der Waals surface area contributed by atoms with Crippen LogP contribution in [0.5, 0.6) is 0 Å². The molecule has 0 aromatic rings. The number of esters is 1. The summed E-state index contributed by atoms with van der Waals surface area (Å²) >= 11 is 0. The van der Waals surface area contributed by atoms with Crippen LogP contribution in [0.4, 0.5) is 0 Å². The Morgan fingerprint density at radius 3 is 3.00 bits per heavy atom. The summed E-state index contributed by atoms with van der Waals surface area (Å²) in [6.45, 7) is 0.804. The van der Waals surface area contributed by atoms with E-state index in [4.69, 9.17) is 14.2 Å². The summed E-state index contributed by atoms with van der Waals surface area (Å²) in [7, 11) is 0. The molecule has 2 aliphatic heterocycles. The van der Waals surface area contributed by atoms with E-state index in [0.29, 0.717) is 12.8 Å². The highest BCUT2D eigenvalue weighted by molar-refractivity contribution is 5.72. The van der Waals surface area contributed by atoms with Gasteiger partial charge >= 0.3 is 5.97 Å². The third-order valence-corrected chi connectivity index (χ3v) is 4.33. The maximum Gasteiger partial charge on any atom is 0.306 e. The van der Waals surface area contributed by atoms with Crippen molar-refractivity contribution in [3.8, 4) is 0 Å². The van der Waals surface area contributed by atoms with Crippen LogP contribution in [0.2, 0.25) is 0 Å². The van der Waals surface area contributed by atoms with Crippen LogP contribution in [-0.4, -0.2) is 42.8 Å². The number of hydrogen-bond acceptors (Lipinski definition) is 5. The molecule has 2 saturated heterocycles. The van der Waals surface area contributed by atoms with Gasteiger partial charge in [0.25, 0.3) is 0 Å². The summed E-state index contributed by atoms with van der Waals surface area (Å²) in [6, 6.07) is 0. The summed E-state index contributed by atoms with van der Waals surface area (Å²) in [6.07, 6.45) is 4.00. The lowest BCUT2D eigenvalue weighted by molar-refractivity contribution is -0.199. The zero-order chi connectivity index (χ0) is 12.5. The molecule has 18 heavy (non-hydrogen) atoms. The normalized spacial score (nSPS) is 43.8. The molecule has 0 bridgehead atoms. The van der Waals surface area contributed by atoms with E-state index < -0.39 is 0 Å². The fourth-order valence-electron chi connectivity index (χ4n) is 3.38. The summed E-state index contributed by atoms with van der Waals surface area (Å²) in [5.74, 6) is -0.0149. The topological polar surface area (TPSA) is 65.0 Å². The van der Waals surface area contributed by atoms with E-state index in [1.54, 1.807) is 0 Å². The van der Waals surface area contributed by atoms with Gasteiger partial charge in [0.1, 0.15) is 6.10 Å². The number of carbonyl (C=O) groups excluding carboxylic acids is 1. The molecule has 0 spiro atoms. The Labute approximate surface area is 106 Å². The molecule has 3 rings (SSSR count). The predicted molar refractivity (Wildman–Crippen MR) is 61.6 cm³/mol. The number of fused-ring (bicyclic) bond motifs is 1. The van der Waals surface area contributed by atoms with Gasteiger partial charge in [0.15, 0.2) is 6.29 Å². The Hall–Kier alpha value is -0.650. The van der Waals surface area contributed by atoms with Gasteiger partial charge < -0.3 is 19.3 Å². The fourth-order valence-corrected chi connectivity index (χ4v) is 3.38. The van der Waals surface area contributed by atoms with E-state index in [1.165, 1.54) is 0 Å². The van der Waals surface area contributed by atoms with Crippen molar-refractivity contribution in [2.45, 2.75) is 50.6 Å². The monoisotopic (exact) mass is 256 g/mol. The number of aliphatic hydroxyl groups is 1. The Kier molecular flexibility index (Phi) is 3.54. The van der Waals surface area contributed by atoms with Gasteiger partial charge in [-0.15, -0.1) is 0 Å². The minimum absolute atomic E-state index is 0.00646. The Morgan fingerprint density at radius 1 is 1.39 bits per heavy atom. The summed E-state index contributed by atoms with van der Waals surface area (Å²) < 4.78 is 16.8. The van der Waals surface area contributed by atoms with Crippen LogP contribution in [0, 0.1) is 11.8 Å². The van der Waals surface area contributed by atoms with E-state index in [1.807, 2.05) is 0 Å². The van der Waals surface area contributed by atoms with Crippen LogP contribution < -0.4 is 0 Å². The number of ether oxygens (including phenoxy) is 3. The van der Waals surface area contributed by atoms with Crippen molar-refractivity contribution in [3.05, 3.63) is 0 Å². The average Bonchev–Trinajstić information content (AvgIpc) is 2.85. The number of hydrogen-bond donors (Lipinski definition) is 1. The van der Waals surface area contributed by atoms with Crippen molar-refractivity contribution in [1.29, 1.82) is 0 Å². The summed E-state index contributed by atoms with van der Waals surface area (Å²) in [4.78, 5) is 11.2. The van der Waals surface area contributed by atoms with Crippen molar-refractivity contribution in [2.24, 2.45) is 11.8 Å². The number of rotatable bonds is 3. The average molecular weight is 256 g/mol. The van der Waals surface area contributed by atoms with Crippen molar-refractivity contribution in [1.82, 2.24) is 0 Å². The van der Waals surface area contributed by atoms with E-state index in [2.05, 4.69) is 0 Å². The minimum Gasteiger partial charge on any atom is -0.462 e. The number of aliphatic hydroxyl groups excluding tert-OH is 1. The zero-order valence-electron chi connectivity index (χ0n) is 10.4. The highest BCUT2D eigenvalue weighted by Crippen LogP contribution is 2.43. The van der Waals surface area contributed by atoms with E-state index in [9.17, 15) is 9.90 Å². The largest absolute Gasteiger partial charge is 0.462 e. The third kappa shape index (κ3) is 2.27. The molecule has 1 aliphatic carbocycles. The molecule has 1 N–H and O–H groups in total. The quantitative estimate of drug-likeness (QED) is 0.758. The first-order valence-corrected chi connectivity index (χ1v) is 6.85. The first-order valence-electron chi connectivity index (χ1n) is 6.85. The Morgan fingerprint density at radius 2 is 2.28 bits per heavy atom. The standard InChI is InChI=1S/C13H20O5/c14-7-9-8-5-12(15)17-10(8)6-11(9)18-13-3-1-2-4-16-13/h8-11,13-14H,1-7H2/t8?,9-,10?,11?,13?/m1/s1. The molecule has 0 amide bonds. The predicted octanol–water partition coefficient (Wildman–Crippen LogP) is 0.842. The van der Waals surface area contributed by atoms with Crippen LogP contribution in [-0.2, 0) is 19.0 Å². The van der Waals surface area contributed by atoms with Crippen molar-refractivity contribution in [3.63, 3.8) is 0 Å². The molecule has 0 aromatic carbocycles. The lowest BCUT2D eigenvalue weighted by Crippen LogP contribution is -2.33. The summed E-state index contributed by atoms with van der Waals surface area (Å²) in [5, 5.41) is 9.51. The minimum atomic E-state index is -0.146. The number of carbonyl (C=O) groups is 1. The summed E-state index contributed by atoms with van der Waals surface area (Å²) in [5.41, 5.74) is 0. The molecular formula is C13H20O5. The first kappa shape index (κ1) is 12.4. The highest BCUT2D eigenvalue weighted by atomic mass is 16.7. The van der Waals surface area contributed by atoms with E-state index in [0.717, 1.165) is 25.9 Å². The first-order chi connectivity index (χ1) is 8.78. The molecular weight excluding hydrogens is 236 g/mol. The van der Waals surface area contributed by atoms with E-state index in [-0.39, 0.29) is 42.9 Å². The molecule has 5 atom stereocenters. The van der Waals surface area contributed by atoms with Gasteiger partial charge in [0.2, 0.25) is 0 Å². The van der Waals surface area contributed by atoms with Gasteiger partial charge in [0.05, 0.1) is 12.5 Å². The van der Waals surface area contributed by atoms with Crippen LogP contribution in [0.25, 0.3) is 0 Å². The molecule has 102 valence electrons. The maximum absolute atomic E-state index is 11.2. The molecule has 2 heterocycles. The second-order valence-electron chi connectivity index (χ2n) is 5.45. The van der Waals surface area contributed by atoms with Crippen LogP contribution in [0.1, 0.15) is 32.1 Å². The SMILES string of the molecule is O=C1CC2C(CC(OC3CCCCO3)[C@@H]2CO)O1. The van der Waals surface area contributed by atoms with Gasteiger partial charge in [-0.2, -0.15) is 0 Å². The Bertz CT molecular complexity index is 313. The molecule has 0 aromatic heterocycles. The smallest absolute Gasteiger partial charge is 0.306 e. The molecule has 1 saturated carbocycles. The lowest BCUT2D eigenvalue weighted by Gasteiger charge is -2.29. The molecule has 5 heteroatoms. The van der Waals surface area contributed by atoms with Gasteiger partial charge in [-0.3, -0.25) is 4.79 Å². The Balaban J connectivity index is 1.61. The fraction of sp³-hybridized carbons (Fsp3) is 0.923. The van der Waals surface area contributed by atoms with Crippen molar-refractivity contribution >= 4 is 5.97 Å². The van der Waals surface area contributed by atoms with Crippen molar-refractivity contribution in [2.75, 3.05) is 13.2 Å². The third-order valence-electron chi connectivity index (χ3n) is 4.33. The maximum atomic E-state index is 11.2. The zero-order valence-corrected chi connectivity index (χ0v) is 10.4. The lowest BCUT2D eigenvalue weighted by atomic mass is 9.93. The molecule has 3 fully saturated rings. The highest BCUT2D eigenvalue weighted by Gasteiger charge is 2.50. The van der Waals surface area contributed by atoms with Gasteiger partial charge in [-0.1, -0.05) is 0 Å². The van der Waals surface area contributed by atoms with Gasteiger partial charge in [-0.25, -0.2) is 0 Å².